The molecule has 2 N–H and O–H groups in total. The summed E-state index contributed by atoms with van der Waals surface area (Å²) in [6, 6.07) is 11.7. The van der Waals surface area contributed by atoms with Crippen LogP contribution in [0.15, 0.2) is 40.8 Å². The number of nitrogens with one attached hydrogen (secondary N) is 1. The molecule has 0 unspecified atom stereocenters. The Hall–Kier alpha value is -2.07. The van der Waals surface area contributed by atoms with Crippen molar-refractivity contribution in [1.82, 2.24) is 5.32 Å². The maximum absolute atomic E-state index is 11.3. The summed E-state index contributed by atoms with van der Waals surface area (Å²) in [6.45, 7) is 9.05. The molecule has 2 aromatic rings. The molecule has 0 aliphatic rings. The van der Waals surface area contributed by atoms with Crippen LogP contribution in [0.2, 0.25) is 0 Å². The lowest BCUT2D eigenvalue weighted by atomic mass is 9.86. The summed E-state index contributed by atoms with van der Waals surface area (Å²) in [6.07, 6.45) is 2.52. The third-order valence-electron chi connectivity index (χ3n) is 4.36. The summed E-state index contributed by atoms with van der Waals surface area (Å²) in [5.41, 5.74) is 2.44. The minimum absolute atomic E-state index is 0.126. The highest BCUT2D eigenvalue weighted by atomic mass is 16.4. The predicted molar refractivity (Wildman–Crippen MR) is 101 cm³/mol. The number of rotatable bonds is 8. The van der Waals surface area contributed by atoms with Crippen molar-refractivity contribution >= 4 is 5.97 Å². The molecule has 1 aromatic heterocycles. The summed E-state index contributed by atoms with van der Waals surface area (Å²) in [7, 11) is 0. The first kappa shape index (κ1) is 19.3. The molecular weight excluding hydrogens is 314 g/mol. The molecule has 0 radical (unpaired) electrons. The minimum Gasteiger partial charge on any atom is -0.480 e. The van der Waals surface area contributed by atoms with Crippen LogP contribution >= 0.6 is 0 Å². The van der Waals surface area contributed by atoms with Crippen molar-refractivity contribution in [3.8, 4) is 11.3 Å². The van der Waals surface area contributed by atoms with Gasteiger partial charge in [0.2, 0.25) is 0 Å². The molecule has 0 spiro atoms. The van der Waals surface area contributed by atoms with Crippen molar-refractivity contribution in [3.05, 3.63) is 47.7 Å². The first-order valence-electron chi connectivity index (χ1n) is 8.97. The third kappa shape index (κ3) is 5.46. The van der Waals surface area contributed by atoms with Crippen molar-refractivity contribution in [2.45, 2.75) is 65.0 Å². The van der Waals surface area contributed by atoms with Gasteiger partial charge in [-0.3, -0.25) is 10.1 Å². The van der Waals surface area contributed by atoms with Gasteiger partial charge in [0.05, 0.1) is 6.54 Å². The standard InChI is InChI=1S/C21H29NO3/c1-5-6-7-18(20(23)24)22-14-17-12-13-19(25-17)15-8-10-16(11-9-15)21(2,3)4/h8-13,18,22H,5-7,14H2,1-4H3,(H,23,24)/t18-/m0/s1. The fourth-order valence-electron chi connectivity index (χ4n) is 2.71. The zero-order chi connectivity index (χ0) is 18.4. The summed E-state index contributed by atoms with van der Waals surface area (Å²) < 4.78 is 5.87. The zero-order valence-corrected chi connectivity index (χ0v) is 15.6. The number of hydrogen-bond acceptors (Lipinski definition) is 3. The van der Waals surface area contributed by atoms with E-state index in [2.05, 4.69) is 57.3 Å². The summed E-state index contributed by atoms with van der Waals surface area (Å²) >= 11 is 0. The Morgan fingerprint density at radius 2 is 1.84 bits per heavy atom. The molecule has 1 atom stereocenters. The Bertz CT molecular complexity index is 680. The fourth-order valence-corrected chi connectivity index (χ4v) is 2.71. The predicted octanol–water partition coefficient (Wildman–Crippen LogP) is 4.98. The van der Waals surface area contributed by atoms with E-state index < -0.39 is 12.0 Å². The first-order chi connectivity index (χ1) is 11.8. The normalized spacial score (nSPS) is 13.0. The molecule has 0 fully saturated rings. The highest BCUT2D eigenvalue weighted by Crippen LogP contribution is 2.27. The molecule has 0 saturated heterocycles. The quantitative estimate of drug-likeness (QED) is 0.710. The second kappa shape index (κ2) is 8.34. The Labute approximate surface area is 150 Å². The van der Waals surface area contributed by atoms with Crippen LogP contribution in [0.3, 0.4) is 0 Å². The monoisotopic (exact) mass is 343 g/mol. The topological polar surface area (TPSA) is 62.5 Å². The van der Waals surface area contributed by atoms with E-state index in [1.54, 1.807) is 0 Å². The molecule has 0 aliphatic heterocycles. The van der Waals surface area contributed by atoms with Crippen molar-refractivity contribution < 1.29 is 14.3 Å². The number of benzene rings is 1. The lowest BCUT2D eigenvalue weighted by Crippen LogP contribution is -2.36. The molecule has 1 aromatic carbocycles. The van der Waals surface area contributed by atoms with Crippen LogP contribution < -0.4 is 5.32 Å². The van der Waals surface area contributed by atoms with Gasteiger partial charge in [0, 0.05) is 5.56 Å². The van der Waals surface area contributed by atoms with Gasteiger partial charge in [-0.05, 0) is 29.5 Å². The van der Waals surface area contributed by atoms with Gasteiger partial charge in [-0.2, -0.15) is 0 Å². The number of carboxylic acid groups (broad SMARTS) is 1. The van der Waals surface area contributed by atoms with Crippen LogP contribution in [0.5, 0.6) is 0 Å². The van der Waals surface area contributed by atoms with E-state index in [0.29, 0.717) is 13.0 Å². The zero-order valence-electron chi connectivity index (χ0n) is 15.6. The second-order valence-electron chi connectivity index (χ2n) is 7.51. The third-order valence-corrected chi connectivity index (χ3v) is 4.36. The van der Waals surface area contributed by atoms with E-state index >= 15 is 0 Å². The van der Waals surface area contributed by atoms with Gasteiger partial charge >= 0.3 is 5.97 Å². The molecule has 0 aliphatic carbocycles. The lowest BCUT2D eigenvalue weighted by molar-refractivity contribution is -0.139. The maximum atomic E-state index is 11.3. The number of unbranched alkanes of at least 4 members (excludes halogenated alkanes) is 1. The second-order valence-corrected chi connectivity index (χ2v) is 7.51. The van der Waals surface area contributed by atoms with Gasteiger partial charge < -0.3 is 9.52 Å². The Balaban J connectivity index is 2.01. The molecule has 1 heterocycles. The van der Waals surface area contributed by atoms with E-state index in [1.807, 2.05) is 12.1 Å². The molecule has 0 saturated carbocycles. The summed E-state index contributed by atoms with van der Waals surface area (Å²) in [5.74, 6) is 0.744. The van der Waals surface area contributed by atoms with E-state index in [0.717, 1.165) is 29.9 Å². The van der Waals surface area contributed by atoms with Crippen molar-refractivity contribution in [2.24, 2.45) is 0 Å². The minimum atomic E-state index is -0.807. The molecule has 4 heteroatoms. The lowest BCUT2D eigenvalue weighted by Gasteiger charge is -2.18. The van der Waals surface area contributed by atoms with Gasteiger partial charge in [-0.1, -0.05) is 64.8 Å². The van der Waals surface area contributed by atoms with Gasteiger partial charge in [0.15, 0.2) is 0 Å². The molecule has 0 amide bonds. The van der Waals surface area contributed by atoms with Gasteiger partial charge in [-0.25, -0.2) is 0 Å². The number of carbonyl (C=O) groups is 1. The van der Waals surface area contributed by atoms with Crippen LogP contribution in [-0.4, -0.2) is 17.1 Å². The molecule has 0 bridgehead atoms. The highest BCUT2D eigenvalue weighted by Gasteiger charge is 2.17. The average molecular weight is 343 g/mol. The Morgan fingerprint density at radius 3 is 2.40 bits per heavy atom. The molecule has 25 heavy (non-hydrogen) atoms. The Morgan fingerprint density at radius 1 is 1.16 bits per heavy atom. The van der Waals surface area contributed by atoms with Crippen LogP contribution in [0.25, 0.3) is 11.3 Å². The largest absolute Gasteiger partial charge is 0.480 e. The van der Waals surface area contributed by atoms with Gasteiger partial charge in [0.1, 0.15) is 17.6 Å². The summed E-state index contributed by atoms with van der Waals surface area (Å²) in [4.78, 5) is 11.3. The summed E-state index contributed by atoms with van der Waals surface area (Å²) in [5, 5.41) is 12.3. The maximum Gasteiger partial charge on any atom is 0.320 e. The number of carboxylic acids is 1. The smallest absolute Gasteiger partial charge is 0.320 e. The van der Waals surface area contributed by atoms with E-state index in [9.17, 15) is 9.90 Å². The highest BCUT2D eigenvalue weighted by molar-refractivity contribution is 5.73. The van der Waals surface area contributed by atoms with Crippen molar-refractivity contribution in [2.75, 3.05) is 0 Å². The Kier molecular flexibility index (Phi) is 6.43. The van der Waals surface area contributed by atoms with Gasteiger partial charge in [0.25, 0.3) is 0 Å². The van der Waals surface area contributed by atoms with E-state index in [-0.39, 0.29) is 5.41 Å². The first-order valence-corrected chi connectivity index (χ1v) is 8.97. The van der Waals surface area contributed by atoms with Gasteiger partial charge in [-0.15, -0.1) is 0 Å². The van der Waals surface area contributed by atoms with Crippen molar-refractivity contribution in [3.63, 3.8) is 0 Å². The van der Waals surface area contributed by atoms with Crippen LogP contribution in [0.4, 0.5) is 0 Å². The molecule has 136 valence electrons. The van der Waals surface area contributed by atoms with Crippen LogP contribution in [0.1, 0.15) is 58.3 Å². The van der Waals surface area contributed by atoms with Crippen LogP contribution in [-0.2, 0) is 16.8 Å². The fraction of sp³-hybridized carbons (Fsp3) is 0.476. The SMILES string of the molecule is CCCC[C@H](NCc1ccc(-c2ccc(C(C)(C)C)cc2)o1)C(=O)O. The average Bonchev–Trinajstić information content (AvgIpc) is 3.03. The van der Waals surface area contributed by atoms with E-state index in [1.165, 1.54) is 5.56 Å². The number of aliphatic carboxylic acids is 1. The van der Waals surface area contributed by atoms with E-state index in [4.69, 9.17) is 4.42 Å². The van der Waals surface area contributed by atoms with Crippen LogP contribution in [0, 0.1) is 0 Å². The molecule has 4 nitrogen and oxygen atoms in total. The molecular formula is C21H29NO3. The van der Waals surface area contributed by atoms with Crippen molar-refractivity contribution in [1.29, 1.82) is 0 Å². The molecule has 2 rings (SSSR count). The number of hydrogen-bond donors (Lipinski definition) is 2. The number of furan rings is 1.